The van der Waals surface area contributed by atoms with Gasteiger partial charge in [-0.15, -0.1) is 0 Å². The zero-order valence-electron chi connectivity index (χ0n) is 14.1. The van der Waals surface area contributed by atoms with Crippen LogP contribution in [0.4, 0.5) is 0 Å². The average molecular weight is 389 g/mol. The van der Waals surface area contributed by atoms with E-state index in [4.69, 9.17) is 11.6 Å². The van der Waals surface area contributed by atoms with Crippen molar-refractivity contribution in [3.63, 3.8) is 0 Å². The lowest BCUT2D eigenvalue weighted by atomic mass is 9.98. The number of sulfonamides is 1. The van der Waals surface area contributed by atoms with Gasteiger partial charge >= 0.3 is 0 Å². The maximum absolute atomic E-state index is 12.9. The van der Waals surface area contributed by atoms with Gasteiger partial charge in [-0.05, 0) is 72.3 Å². The summed E-state index contributed by atoms with van der Waals surface area (Å²) < 4.78 is 27.3. The smallest absolute Gasteiger partial charge is 0.251 e. The highest BCUT2D eigenvalue weighted by atomic mass is 35.5. The second-order valence-electron chi connectivity index (χ2n) is 6.53. The molecule has 26 heavy (non-hydrogen) atoms. The standard InChI is InChI=1S/C19H17ClN2O3S/c1-12-8-14-9-13-6-7-22(11-15(13)10-18(14)21-19(12)23)26(24,25)17-4-2-16(20)3-5-17/h2-5,8-10H,6-7,11H2,1H3,(H,21,23). The van der Waals surface area contributed by atoms with Crippen LogP contribution < -0.4 is 5.56 Å². The lowest BCUT2D eigenvalue weighted by molar-refractivity contribution is 0.391. The summed E-state index contributed by atoms with van der Waals surface area (Å²) in [5, 5.41) is 1.47. The minimum atomic E-state index is -3.59. The molecule has 5 nitrogen and oxygen atoms in total. The molecule has 0 spiro atoms. The molecule has 4 rings (SSSR count). The number of aryl methyl sites for hydroxylation is 1. The summed E-state index contributed by atoms with van der Waals surface area (Å²) in [6.45, 7) is 2.48. The van der Waals surface area contributed by atoms with Gasteiger partial charge in [-0.1, -0.05) is 11.6 Å². The van der Waals surface area contributed by atoms with E-state index < -0.39 is 10.0 Å². The molecule has 1 aliphatic heterocycles. The van der Waals surface area contributed by atoms with E-state index in [0.29, 0.717) is 23.6 Å². The number of aromatic nitrogens is 1. The van der Waals surface area contributed by atoms with Gasteiger partial charge in [-0.2, -0.15) is 4.31 Å². The number of hydrogen-bond donors (Lipinski definition) is 1. The Kier molecular flexibility index (Phi) is 4.14. The molecule has 1 N–H and O–H groups in total. The number of aromatic amines is 1. The first-order valence-electron chi connectivity index (χ1n) is 8.26. The number of hydrogen-bond acceptors (Lipinski definition) is 3. The van der Waals surface area contributed by atoms with Crippen molar-refractivity contribution in [1.82, 2.24) is 9.29 Å². The van der Waals surface area contributed by atoms with E-state index in [0.717, 1.165) is 22.0 Å². The Hall–Kier alpha value is -2.15. The van der Waals surface area contributed by atoms with Gasteiger partial charge in [0.15, 0.2) is 0 Å². The molecule has 0 atom stereocenters. The van der Waals surface area contributed by atoms with Gasteiger partial charge in [0.1, 0.15) is 0 Å². The summed E-state index contributed by atoms with van der Waals surface area (Å²) in [6, 6.07) is 12.0. The fourth-order valence-electron chi connectivity index (χ4n) is 3.31. The first-order chi connectivity index (χ1) is 12.3. The van der Waals surface area contributed by atoms with Crippen molar-refractivity contribution in [2.45, 2.75) is 24.8 Å². The SMILES string of the molecule is Cc1cc2cc3c(cc2[nH]c1=O)CN(S(=O)(=O)c1ccc(Cl)cc1)CC3. The van der Waals surface area contributed by atoms with Crippen molar-refractivity contribution in [3.05, 3.63) is 74.5 Å². The molecule has 0 amide bonds. The molecule has 0 aliphatic carbocycles. The lowest BCUT2D eigenvalue weighted by Crippen LogP contribution is -2.36. The van der Waals surface area contributed by atoms with Crippen LogP contribution in [0.5, 0.6) is 0 Å². The van der Waals surface area contributed by atoms with E-state index in [2.05, 4.69) is 4.98 Å². The largest absolute Gasteiger partial charge is 0.322 e. The maximum atomic E-state index is 12.9. The summed E-state index contributed by atoms with van der Waals surface area (Å²) >= 11 is 5.86. The van der Waals surface area contributed by atoms with Crippen LogP contribution in [-0.2, 0) is 23.0 Å². The normalized spacial score (nSPS) is 15.2. The number of H-pyrrole nitrogens is 1. The minimum absolute atomic E-state index is 0.126. The van der Waals surface area contributed by atoms with Crippen LogP contribution in [0.15, 0.2) is 52.2 Å². The van der Waals surface area contributed by atoms with Gasteiger partial charge in [0.2, 0.25) is 10.0 Å². The number of halogens is 1. The molecular weight excluding hydrogens is 372 g/mol. The van der Waals surface area contributed by atoms with Crippen LogP contribution in [0, 0.1) is 6.92 Å². The molecular formula is C19H17ClN2O3S. The second kappa shape index (κ2) is 6.23. The van der Waals surface area contributed by atoms with Crippen LogP contribution >= 0.6 is 11.6 Å². The first-order valence-corrected chi connectivity index (χ1v) is 10.1. The predicted octanol–water partition coefficient (Wildman–Crippen LogP) is 3.24. The molecule has 0 radical (unpaired) electrons. The summed E-state index contributed by atoms with van der Waals surface area (Å²) in [6.07, 6.45) is 0.635. The lowest BCUT2D eigenvalue weighted by Gasteiger charge is -2.28. The van der Waals surface area contributed by atoms with E-state index in [1.54, 1.807) is 19.1 Å². The van der Waals surface area contributed by atoms with Crippen LogP contribution in [0.2, 0.25) is 5.02 Å². The van der Waals surface area contributed by atoms with Crippen LogP contribution in [0.3, 0.4) is 0 Å². The average Bonchev–Trinajstić information content (AvgIpc) is 2.61. The van der Waals surface area contributed by atoms with E-state index in [-0.39, 0.29) is 17.0 Å². The van der Waals surface area contributed by atoms with Gasteiger partial charge in [0, 0.05) is 29.2 Å². The molecule has 0 fully saturated rings. The van der Waals surface area contributed by atoms with Crippen molar-refractivity contribution in [1.29, 1.82) is 0 Å². The van der Waals surface area contributed by atoms with Crippen LogP contribution in [-0.4, -0.2) is 24.3 Å². The zero-order valence-corrected chi connectivity index (χ0v) is 15.7. The van der Waals surface area contributed by atoms with Crippen molar-refractivity contribution in [3.8, 4) is 0 Å². The van der Waals surface area contributed by atoms with Crippen molar-refractivity contribution in [2.75, 3.05) is 6.54 Å². The van der Waals surface area contributed by atoms with Gasteiger partial charge in [-0.25, -0.2) is 8.42 Å². The first kappa shape index (κ1) is 17.3. The maximum Gasteiger partial charge on any atom is 0.251 e. The Bertz CT molecular complexity index is 1170. The molecule has 0 saturated heterocycles. The van der Waals surface area contributed by atoms with Gasteiger partial charge in [-0.3, -0.25) is 4.79 Å². The van der Waals surface area contributed by atoms with Gasteiger partial charge in [0.25, 0.3) is 5.56 Å². The molecule has 0 saturated carbocycles. The molecule has 134 valence electrons. The zero-order chi connectivity index (χ0) is 18.5. The minimum Gasteiger partial charge on any atom is -0.322 e. The molecule has 3 aromatic rings. The van der Waals surface area contributed by atoms with Crippen molar-refractivity contribution in [2.24, 2.45) is 0 Å². The van der Waals surface area contributed by atoms with E-state index >= 15 is 0 Å². The van der Waals surface area contributed by atoms with Crippen LogP contribution in [0.1, 0.15) is 16.7 Å². The Morgan fingerprint density at radius 1 is 1.08 bits per heavy atom. The Balaban J connectivity index is 1.73. The molecule has 0 bridgehead atoms. The fourth-order valence-corrected chi connectivity index (χ4v) is 4.86. The number of nitrogens with zero attached hydrogens (tertiary/aromatic N) is 1. The number of rotatable bonds is 2. The predicted molar refractivity (Wildman–Crippen MR) is 102 cm³/mol. The molecule has 2 heterocycles. The third-order valence-electron chi connectivity index (χ3n) is 4.78. The fraction of sp³-hybridized carbons (Fsp3) is 0.211. The van der Waals surface area contributed by atoms with Crippen molar-refractivity contribution >= 4 is 32.5 Å². The summed E-state index contributed by atoms with van der Waals surface area (Å²) in [5.74, 6) is 0. The van der Waals surface area contributed by atoms with E-state index in [1.165, 1.54) is 16.4 Å². The number of nitrogens with one attached hydrogen (secondary N) is 1. The molecule has 2 aromatic carbocycles. The highest BCUT2D eigenvalue weighted by Crippen LogP contribution is 2.28. The van der Waals surface area contributed by atoms with Crippen molar-refractivity contribution < 1.29 is 8.42 Å². The van der Waals surface area contributed by atoms with E-state index in [9.17, 15) is 13.2 Å². The topological polar surface area (TPSA) is 70.2 Å². The highest BCUT2D eigenvalue weighted by molar-refractivity contribution is 7.89. The Morgan fingerprint density at radius 3 is 2.54 bits per heavy atom. The number of fused-ring (bicyclic) bond motifs is 2. The summed E-state index contributed by atoms with van der Waals surface area (Å²) in [4.78, 5) is 15.0. The second-order valence-corrected chi connectivity index (χ2v) is 8.91. The summed E-state index contributed by atoms with van der Waals surface area (Å²) in [5.41, 5.74) is 3.30. The number of pyridine rings is 1. The highest BCUT2D eigenvalue weighted by Gasteiger charge is 2.28. The molecule has 0 unspecified atom stereocenters. The monoisotopic (exact) mass is 388 g/mol. The van der Waals surface area contributed by atoms with Crippen LogP contribution in [0.25, 0.3) is 10.9 Å². The van der Waals surface area contributed by atoms with Gasteiger partial charge < -0.3 is 4.98 Å². The third kappa shape index (κ3) is 2.94. The van der Waals surface area contributed by atoms with E-state index in [1.807, 2.05) is 18.2 Å². The Labute approximate surface area is 156 Å². The molecule has 1 aliphatic rings. The molecule has 1 aromatic heterocycles. The quantitative estimate of drug-likeness (QED) is 0.732. The third-order valence-corrected chi connectivity index (χ3v) is 6.89. The Morgan fingerprint density at radius 2 is 1.81 bits per heavy atom. The molecule has 7 heteroatoms. The van der Waals surface area contributed by atoms with Gasteiger partial charge in [0.05, 0.1) is 4.90 Å². The summed E-state index contributed by atoms with van der Waals surface area (Å²) in [7, 11) is -3.59. The number of benzene rings is 2.